The van der Waals surface area contributed by atoms with Gasteiger partial charge in [-0.2, -0.15) is 0 Å². The number of hydrogen-bond donors (Lipinski definition) is 2. The van der Waals surface area contributed by atoms with E-state index in [1.165, 1.54) is 7.11 Å². The van der Waals surface area contributed by atoms with Gasteiger partial charge in [0.25, 0.3) is 0 Å². The van der Waals surface area contributed by atoms with Gasteiger partial charge in [-0.3, -0.25) is 9.59 Å². The second-order valence-electron chi connectivity index (χ2n) is 6.59. The maximum atomic E-state index is 12.6. The Hall–Kier alpha value is -1.59. The van der Waals surface area contributed by atoms with Crippen LogP contribution >= 0.6 is 12.4 Å². The van der Waals surface area contributed by atoms with Crippen LogP contribution in [0.1, 0.15) is 38.2 Å². The minimum atomic E-state index is -0.238. The van der Waals surface area contributed by atoms with Crippen LogP contribution in [0.5, 0.6) is 0 Å². The van der Waals surface area contributed by atoms with Gasteiger partial charge in [0.15, 0.2) is 0 Å². The van der Waals surface area contributed by atoms with Gasteiger partial charge in [0.1, 0.15) is 0 Å². The van der Waals surface area contributed by atoms with E-state index in [2.05, 4.69) is 17.6 Å². The molecule has 25 heavy (non-hydrogen) atoms. The fourth-order valence-corrected chi connectivity index (χ4v) is 3.21. The highest BCUT2D eigenvalue weighted by atomic mass is 35.5. The number of halogens is 1. The minimum absolute atomic E-state index is 0. The van der Waals surface area contributed by atoms with Crippen molar-refractivity contribution in [3.8, 4) is 0 Å². The van der Waals surface area contributed by atoms with Crippen molar-refractivity contribution in [1.29, 1.82) is 0 Å². The first kappa shape index (κ1) is 21.5. The average molecular weight is 369 g/mol. The molecule has 0 aliphatic carbocycles. The lowest BCUT2D eigenvalue weighted by Gasteiger charge is -2.29. The smallest absolute Gasteiger partial charge is 0.305 e. The number of nitrogens with one attached hydrogen (secondary N) is 2. The standard InChI is InChI=1S/C19H28N2O3.ClH/c1-14-12-16(10-11-20-14)19(23)21-17(8-9-18(22)24-2)13-15-6-4-3-5-7-15;/h3-7,14,16-17,20H,8-13H2,1-2H3,(H,21,23);1H/t14-,16-,17?;/m0./s1. The number of methoxy groups -OCH3 is 1. The predicted molar refractivity (Wildman–Crippen MR) is 101 cm³/mol. The van der Waals surface area contributed by atoms with E-state index in [0.29, 0.717) is 18.9 Å². The zero-order valence-corrected chi connectivity index (χ0v) is 15.8. The molecule has 1 aliphatic heterocycles. The molecule has 1 aromatic carbocycles. The second-order valence-corrected chi connectivity index (χ2v) is 6.59. The molecule has 140 valence electrons. The molecule has 1 aromatic rings. The zero-order chi connectivity index (χ0) is 17.4. The van der Waals surface area contributed by atoms with Crippen LogP contribution in [0, 0.1) is 5.92 Å². The highest BCUT2D eigenvalue weighted by molar-refractivity contribution is 5.85. The summed E-state index contributed by atoms with van der Waals surface area (Å²) < 4.78 is 4.73. The molecular formula is C19H29ClN2O3. The molecule has 0 bridgehead atoms. The zero-order valence-electron chi connectivity index (χ0n) is 15.0. The molecule has 1 unspecified atom stereocenters. The number of hydrogen-bond acceptors (Lipinski definition) is 4. The van der Waals surface area contributed by atoms with Crippen LogP contribution in [0.4, 0.5) is 0 Å². The van der Waals surface area contributed by atoms with Crippen molar-refractivity contribution in [2.75, 3.05) is 13.7 Å². The minimum Gasteiger partial charge on any atom is -0.469 e. The van der Waals surface area contributed by atoms with Gasteiger partial charge in [-0.1, -0.05) is 30.3 Å². The van der Waals surface area contributed by atoms with Crippen molar-refractivity contribution in [3.05, 3.63) is 35.9 Å². The van der Waals surface area contributed by atoms with E-state index in [1.54, 1.807) is 0 Å². The normalized spacial score (nSPS) is 20.9. The number of benzene rings is 1. The summed E-state index contributed by atoms with van der Waals surface area (Å²) in [4.78, 5) is 24.1. The Bertz CT molecular complexity index is 539. The quantitative estimate of drug-likeness (QED) is 0.725. The average Bonchev–Trinajstić information content (AvgIpc) is 2.60. The van der Waals surface area contributed by atoms with Gasteiger partial charge in [0, 0.05) is 24.4 Å². The van der Waals surface area contributed by atoms with Crippen LogP contribution in [0.3, 0.4) is 0 Å². The second kappa shape index (κ2) is 11.1. The topological polar surface area (TPSA) is 67.4 Å². The SMILES string of the molecule is COC(=O)CCC(Cc1ccccc1)NC(=O)[C@H]1CCN[C@@H](C)C1.Cl. The Morgan fingerprint density at radius 2 is 2.04 bits per heavy atom. The Morgan fingerprint density at radius 3 is 2.68 bits per heavy atom. The van der Waals surface area contributed by atoms with Gasteiger partial charge in [0.2, 0.25) is 5.91 Å². The molecule has 1 fully saturated rings. The Kier molecular flexibility index (Phi) is 9.53. The lowest BCUT2D eigenvalue weighted by molar-refractivity contribution is -0.141. The highest BCUT2D eigenvalue weighted by Crippen LogP contribution is 2.17. The fraction of sp³-hybridized carbons (Fsp3) is 0.579. The summed E-state index contributed by atoms with van der Waals surface area (Å²) in [5.74, 6) is -0.0791. The van der Waals surface area contributed by atoms with E-state index in [1.807, 2.05) is 30.3 Å². The number of piperidine rings is 1. The van der Waals surface area contributed by atoms with E-state index in [-0.39, 0.29) is 36.2 Å². The first-order valence-electron chi connectivity index (χ1n) is 8.73. The predicted octanol–water partition coefficient (Wildman–Crippen LogP) is 2.48. The van der Waals surface area contributed by atoms with E-state index >= 15 is 0 Å². The summed E-state index contributed by atoms with van der Waals surface area (Å²) in [5, 5.41) is 6.53. The van der Waals surface area contributed by atoms with Crippen LogP contribution in [-0.2, 0) is 20.7 Å². The molecule has 0 saturated carbocycles. The number of ether oxygens (including phenoxy) is 1. The third-order valence-electron chi connectivity index (χ3n) is 4.59. The number of esters is 1. The van der Waals surface area contributed by atoms with Crippen LogP contribution in [0.2, 0.25) is 0 Å². The summed E-state index contributed by atoms with van der Waals surface area (Å²) in [6, 6.07) is 10.4. The van der Waals surface area contributed by atoms with E-state index in [0.717, 1.165) is 31.4 Å². The molecule has 6 heteroatoms. The molecule has 0 aromatic heterocycles. The van der Waals surface area contributed by atoms with Crippen LogP contribution < -0.4 is 10.6 Å². The van der Waals surface area contributed by atoms with Crippen molar-refractivity contribution < 1.29 is 14.3 Å². The number of amides is 1. The summed E-state index contributed by atoms with van der Waals surface area (Å²) in [7, 11) is 1.39. The molecule has 1 saturated heterocycles. The molecule has 0 spiro atoms. The van der Waals surface area contributed by atoms with Crippen molar-refractivity contribution in [3.63, 3.8) is 0 Å². The lowest BCUT2D eigenvalue weighted by Crippen LogP contribution is -2.46. The Balaban J connectivity index is 0.00000312. The monoisotopic (exact) mass is 368 g/mol. The van der Waals surface area contributed by atoms with Gasteiger partial charge in [0.05, 0.1) is 7.11 Å². The third kappa shape index (κ3) is 7.45. The van der Waals surface area contributed by atoms with Crippen molar-refractivity contribution in [2.24, 2.45) is 5.92 Å². The van der Waals surface area contributed by atoms with Gasteiger partial charge in [-0.25, -0.2) is 0 Å². The van der Waals surface area contributed by atoms with E-state index in [9.17, 15) is 9.59 Å². The molecule has 1 amide bonds. The molecule has 0 radical (unpaired) electrons. The lowest BCUT2D eigenvalue weighted by atomic mass is 9.91. The van der Waals surface area contributed by atoms with E-state index in [4.69, 9.17) is 4.74 Å². The summed E-state index contributed by atoms with van der Waals surface area (Å²) in [6.07, 6.45) is 3.36. The number of carbonyl (C=O) groups excluding carboxylic acids is 2. The molecule has 5 nitrogen and oxygen atoms in total. The Morgan fingerprint density at radius 1 is 1.32 bits per heavy atom. The highest BCUT2D eigenvalue weighted by Gasteiger charge is 2.26. The van der Waals surface area contributed by atoms with Crippen molar-refractivity contribution in [1.82, 2.24) is 10.6 Å². The molecule has 2 rings (SSSR count). The summed E-state index contributed by atoms with van der Waals surface area (Å²) >= 11 is 0. The maximum absolute atomic E-state index is 12.6. The Labute approximate surface area is 156 Å². The van der Waals surface area contributed by atoms with Gasteiger partial charge >= 0.3 is 5.97 Å². The number of carbonyl (C=O) groups is 2. The first-order chi connectivity index (χ1) is 11.6. The summed E-state index contributed by atoms with van der Waals surface area (Å²) in [6.45, 7) is 2.99. The fourth-order valence-electron chi connectivity index (χ4n) is 3.21. The molecular weight excluding hydrogens is 340 g/mol. The molecule has 1 aliphatic rings. The number of rotatable bonds is 7. The van der Waals surface area contributed by atoms with Gasteiger partial charge < -0.3 is 15.4 Å². The van der Waals surface area contributed by atoms with E-state index < -0.39 is 0 Å². The van der Waals surface area contributed by atoms with Crippen molar-refractivity contribution >= 4 is 24.3 Å². The molecule has 3 atom stereocenters. The largest absolute Gasteiger partial charge is 0.469 e. The van der Waals surface area contributed by atoms with Gasteiger partial charge in [-0.15, -0.1) is 12.4 Å². The first-order valence-corrected chi connectivity index (χ1v) is 8.73. The third-order valence-corrected chi connectivity index (χ3v) is 4.59. The van der Waals surface area contributed by atoms with Crippen LogP contribution in [0.15, 0.2) is 30.3 Å². The summed E-state index contributed by atoms with van der Waals surface area (Å²) in [5.41, 5.74) is 1.16. The molecule has 2 N–H and O–H groups in total. The van der Waals surface area contributed by atoms with Crippen LogP contribution in [0.25, 0.3) is 0 Å². The maximum Gasteiger partial charge on any atom is 0.305 e. The van der Waals surface area contributed by atoms with Crippen molar-refractivity contribution in [2.45, 2.75) is 51.1 Å². The van der Waals surface area contributed by atoms with Gasteiger partial charge in [-0.05, 0) is 44.7 Å². The van der Waals surface area contributed by atoms with Crippen LogP contribution in [-0.4, -0.2) is 37.6 Å². The molecule has 1 heterocycles.